The van der Waals surface area contributed by atoms with Crippen LogP contribution in [0, 0.1) is 0 Å². The van der Waals surface area contributed by atoms with E-state index in [1.165, 1.54) is 0 Å². The van der Waals surface area contributed by atoms with Crippen molar-refractivity contribution < 1.29 is 17.9 Å². The van der Waals surface area contributed by atoms with Gasteiger partial charge in [0.2, 0.25) is 0 Å². The van der Waals surface area contributed by atoms with Gasteiger partial charge in [0.05, 0.1) is 19.1 Å². The highest BCUT2D eigenvalue weighted by Gasteiger charge is 2.32. The van der Waals surface area contributed by atoms with Crippen molar-refractivity contribution in [3.63, 3.8) is 0 Å². The number of hydrogen-bond donors (Lipinski definition) is 2. The summed E-state index contributed by atoms with van der Waals surface area (Å²) in [6.07, 6.45) is -5.26. The van der Waals surface area contributed by atoms with Crippen LogP contribution in [0.25, 0.3) is 0 Å². The minimum atomic E-state index is -4.25. The van der Waals surface area contributed by atoms with Gasteiger partial charge in [-0.05, 0) is 24.6 Å². The molecule has 0 aromatic heterocycles. The van der Waals surface area contributed by atoms with Crippen molar-refractivity contribution in [3.05, 3.63) is 29.8 Å². The summed E-state index contributed by atoms with van der Waals surface area (Å²) in [5.74, 6) is 5.75. The maximum absolute atomic E-state index is 12.3. The average molecular weight is 248 g/mol. The monoisotopic (exact) mass is 248 g/mol. The Labute approximate surface area is 97.7 Å². The maximum atomic E-state index is 12.3. The topological polar surface area (TPSA) is 47.3 Å². The van der Waals surface area contributed by atoms with Crippen LogP contribution in [0.4, 0.5) is 13.2 Å². The first-order valence-corrected chi connectivity index (χ1v) is 5.22. The Morgan fingerprint density at radius 3 is 2.29 bits per heavy atom. The molecule has 1 atom stereocenters. The number of hydrazine groups is 1. The number of nitrogens with one attached hydrogen (secondary N) is 1. The van der Waals surface area contributed by atoms with Gasteiger partial charge < -0.3 is 4.74 Å². The number of rotatable bonds is 5. The largest absolute Gasteiger partial charge is 0.494 e. The number of ether oxygens (including phenoxy) is 1. The summed E-state index contributed by atoms with van der Waals surface area (Å²) in [6.45, 7) is 2.35. The number of halogens is 3. The van der Waals surface area contributed by atoms with Gasteiger partial charge in [0.1, 0.15) is 5.75 Å². The van der Waals surface area contributed by atoms with Gasteiger partial charge >= 0.3 is 6.18 Å². The van der Waals surface area contributed by atoms with Gasteiger partial charge in [-0.2, -0.15) is 13.2 Å². The maximum Gasteiger partial charge on any atom is 0.390 e. The predicted octanol–water partition coefficient (Wildman–Crippen LogP) is 2.54. The van der Waals surface area contributed by atoms with Crippen molar-refractivity contribution in [2.75, 3.05) is 6.61 Å². The fraction of sp³-hybridized carbons (Fsp3) is 0.455. The van der Waals surface area contributed by atoms with E-state index in [-0.39, 0.29) is 0 Å². The first-order valence-electron chi connectivity index (χ1n) is 5.22. The lowest BCUT2D eigenvalue weighted by Gasteiger charge is -2.18. The molecule has 6 heteroatoms. The summed E-state index contributed by atoms with van der Waals surface area (Å²) in [5, 5.41) is 0. The molecule has 1 unspecified atom stereocenters. The van der Waals surface area contributed by atoms with Crippen molar-refractivity contribution in [1.82, 2.24) is 5.43 Å². The Morgan fingerprint density at radius 2 is 1.88 bits per heavy atom. The van der Waals surface area contributed by atoms with Crippen molar-refractivity contribution in [1.29, 1.82) is 0 Å². The zero-order valence-corrected chi connectivity index (χ0v) is 9.42. The van der Waals surface area contributed by atoms with Crippen molar-refractivity contribution in [3.8, 4) is 5.75 Å². The minimum absolute atomic E-state index is 0.480. The van der Waals surface area contributed by atoms with Crippen LogP contribution in [0.1, 0.15) is 24.9 Å². The summed E-state index contributed by atoms with van der Waals surface area (Å²) < 4.78 is 42.0. The van der Waals surface area contributed by atoms with Crippen molar-refractivity contribution in [2.24, 2.45) is 5.84 Å². The Hall–Kier alpha value is -1.27. The van der Waals surface area contributed by atoms with Gasteiger partial charge in [0, 0.05) is 0 Å². The molecule has 1 aromatic carbocycles. The van der Waals surface area contributed by atoms with Gasteiger partial charge in [0.15, 0.2) is 0 Å². The molecule has 0 heterocycles. The van der Waals surface area contributed by atoms with E-state index in [0.29, 0.717) is 17.9 Å². The Morgan fingerprint density at radius 1 is 1.29 bits per heavy atom. The van der Waals surface area contributed by atoms with E-state index in [2.05, 4.69) is 5.43 Å². The third-order valence-electron chi connectivity index (χ3n) is 2.23. The van der Waals surface area contributed by atoms with Crippen LogP contribution in [-0.2, 0) is 0 Å². The molecule has 0 saturated carbocycles. The molecule has 0 aliphatic carbocycles. The summed E-state index contributed by atoms with van der Waals surface area (Å²) in [6, 6.07) is 5.45. The van der Waals surface area contributed by atoms with Crippen LogP contribution < -0.4 is 16.0 Å². The molecule has 96 valence electrons. The molecule has 3 N–H and O–H groups in total. The second kappa shape index (κ2) is 5.88. The van der Waals surface area contributed by atoms with Gasteiger partial charge in [-0.3, -0.25) is 11.3 Å². The molecule has 0 aliphatic rings. The molecule has 0 saturated heterocycles. The minimum Gasteiger partial charge on any atom is -0.494 e. The van der Waals surface area contributed by atoms with Crippen LogP contribution in [0.5, 0.6) is 5.75 Å². The van der Waals surface area contributed by atoms with Gasteiger partial charge in [0.25, 0.3) is 0 Å². The normalized spacial score (nSPS) is 13.5. The molecular weight excluding hydrogens is 233 g/mol. The Kier molecular flexibility index (Phi) is 4.77. The van der Waals surface area contributed by atoms with E-state index in [1.54, 1.807) is 24.3 Å². The third kappa shape index (κ3) is 4.62. The predicted molar refractivity (Wildman–Crippen MR) is 58.3 cm³/mol. The molecule has 0 radical (unpaired) electrons. The lowest BCUT2D eigenvalue weighted by atomic mass is 10.0. The summed E-state index contributed by atoms with van der Waals surface area (Å²) in [4.78, 5) is 0. The van der Waals surface area contributed by atoms with Gasteiger partial charge in [-0.25, -0.2) is 0 Å². The molecule has 17 heavy (non-hydrogen) atoms. The standard InChI is InChI=1S/C11H15F3N2O/c1-2-17-9-5-3-8(4-6-9)10(16-15)7-11(12,13)14/h3-6,10,16H,2,7,15H2,1H3. The number of alkyl halides is 3. The first kappa shape index (κ1) is 13.8. The van der Waals surface area contributed by atoms with Crippen molar-refractivity contribution in [2.45, 2.75) is 25.6 Å². The molecule has 3 nitrogen and oxygen atoms in total. The fourth-order valence-corrected chi connectivity index (χ4v) is 1.47. The molecule has 0 bridgehead atoms. The molecule has 1 rings (SSSR count). The SMILES string of the molecule is CCOc1ccc(C(CC(F)(F)F)NN)cc1. The molecule has 0 fully saturated rings. The molecular formula is C11H15F3N2O. The van der Waals surface area contributed by atoms with E-state index in [0.717, 1.165) is 0 Å². The molecule has 0 amide bonds. The van der Waals surface area contributed by atoms with E-state index < -0.39 is 18.6 Å². The Bertz CT molecular complexity index is 338. The average Bonchev–Trinajstić information content (AvgIpc) is 2.26. The van der Waals surface area contributed by atoms with Crippen molar-refractivity contribution >= 4 is 0 Å². The summed E-state index contributed by atoms with van der Waals surface area (Å²) in [7, 11) is 0. The van der Waals surface area contributed by atoms with E-state index in [9.17, 15) is 13.2 Å². The van der Waals surface area contributed by atoms with Crippen LogP contribution >= 0.6 is 0 Å². The number of nitrogens with two attached hydrogens (primary N) is 1. The second-order valence-electron chi connectivity index (χ2n) is 3.54. The van der Waals surface area contributed by atoms with Crippen LogP contribution in [0.2, 0.25) is 0 Å². The molecule has 0 spiro atoms. The highest BCUT2D eigenvalue weighted by atomic mass is 19.4. The van der Waals surface area contributed by atoms with Gasteiger partial charge in [-0.15, -0.1) is 0 Å². The molecule has 1 aromatic rings. The second-order valence-corrected chi connectivity index (χ2v) is 3.54. The number of benzene rings is 1. The van der Waals surface area contributed by atoms with Crippen LogP contribution in [0.3, 0.4) is 0 Å². The highest BCUT2D eigenvalue weighted by molar-refractivity contribution is 5.29. The zero-order valence-electron chi connectivity index (χ0n) is 9.42. The lowest BCUT2D eigenvalue weighted by Crippen LogP contribution is -2.31. The smallest absolute Gasteiger partial charge is 0.390 e. The van der Waals surface area contributed by atoms with Crippen LogP contribution in [0.15, 0.2) is 24.3 Å². The van der Waals surface area contributed by atoms with Gasteiger partial charge in [-0.1, -0.05) is 12.1 Å². The summed E-state index contributed by atoms with van der Waals surface area (Å²) in [5.41, 5.74) is 2.65. The summed E-state index contributed by atoms with van der Waals surface area (Å²) >= 11 is 0. The lowest BCUT2D eigenvalue weighted by molar-refractivity contribution is -0.140. The third-order valence-corrected chi connectivity index (χ3v) is 2.23. The fourth-order valence-electron chi connectivity index (χ4n) is 1.47. The first-order chi connectivity index (χ1) is 7.96. The highest BCUT2D eigenvalue weighted by Crippen LogP contribution is 2.29. The van der Waals surface area contributed by atoms with E-state index >= 15 is 0 Å². The molecule has 0 aliphatic heterocycles. The van der Waals surface area contributed by atoms with E-state index in [1.807, 2.05) is 6.92 Å². The Balaban J connectivity index is 2.75. The number of hydrogen-bond acceptors (Lipinski definition) is 3. The quantitative estimate of drug-likeness (QED) is 0.622. The van der Waals surface area contributed by atoms with E-state index in [4.69, 9.17) is 10.6 Å². The van der Waals surface area contributed by atoms with Crippen LogP contribution in [-0.4, -0.2) is 12.8 Å². The zero-order chi connectivity index (χ0) is 12.9.